The van der Waals surface area contributed by atoms with Gasteiger partial charge in [0, 0.05) is 18.9 Å². The molecule has 0 radical (unpaired) electrons. The Bertz CT molecular complexity index is 542. The van der Waals surface area contributed by atoms with Crippen molar-refractivity contribution < 1.29 is 15.0 Å². The van der Waals surface area contributed by atoms with E-state index in [1.165, 1.54) is 13.0 Å². The number of nitrogens with two attached hydrogens (primary N) is 1. The summed E-state index contributed by atoms with van der Waals surface area (Å²) in [5.41, 5.74) is 1.03. The first-order valence-corrected chi connectivity index (χ1v) is 8.88. The molecule has 3 fully saturated rings. The molecule has 2 bridgehead atoms. The summed E-state index contributed by atoms with van der Waals surface area (Å²) >= 11 is 0. The number of hydrogen-bond donors (Lipinski definition) is 3. The number of carbonyl (C=O) groups excluding carboxylic acids is 1. The van der Waals surface area contributed by atoms with Crippen LogP contribution in [0.3, 0.4) is 0 Å². The van der Waals surface area contributed by atoms with Gasteiger partial charge in [0.05, 0.1) is 38.8 Å². The van der Waals surface area contributed by atoms with Crippen molar-refractivity contribution in [3.05, 3.63) is 11.9 Å². The zero-order valence-corrected chi connectivity index (χ0v) is 14.5. The molecule has 4 rings (SSSR count). The van der Waals surface area contributed by atoms with Crippen LogP contribution in [0.25, 0.3) is 0 Å². The van der Waals surface area contributed by atoms with Gasteiger partial charge < -0.3 is 15.5 Å². The van der Waals surface area contributed by atoms with E-state index in [9.17, 15) is 4.79 Å². The number of fused-ring (bicyclic) bond motifs is 3. The monoisotopic (exact) mass is 322 g/mol. The highest BCUT2D eigenvalue weighted by atomic mass is 16.2. The molecule has 0 spiro atoms. The molecule has 0 aliphatic carbocycles. The van der Waals surface area contributed by atoms with E-state index in [1.807, 2.05) is 25.6 Å². The number of rotatable bonds is 6. The lowest BCUT2D eigenvalue weighted by Gasteiger charge is -2.46. The minimum atomic E-state index is 0.193. The molecule has 1 unspecified atom stereocenters. The van der Waals surface area contributed by atoms with Crippen LogP contribution >= 0.6 is 0 Å². The molecule has 4 atom stereocenters. The van der Waals surface area contributed by atoms with Gasteiger partial charge in [-0.3, -0.25) is 4.79 Å². The summed E-state index contributed by atoms with van der Waals surface area (Å²) in [5, 5.41) is 13.7. The summed E-state index contributed by atoms with van der Waals surface area (Å²) < 4.78 is 1.99. The number of carbonyl (C=O) groups is 1. The smallest absolute Gasteiger partial charge is 0.229 e. The summed E-state index contributed by atoms with van der Waals surface area (Å²) in [7, 11) is 2.04. The normalized spacial score (nSPS) is 29.9. The number of hydrogen-bond acceptors (Lipinski definition) is 3. The van der Waals surface area contributed by atoms with Gasteiger partial charge >= 0.3 is 0 Å². The second kappa shape index (κ2) is 6.97. The maximum absolute atomic E-state index is 12.4. The molecular formula is C16H30N6O+2. The maximum atomic E-state index is 12.4. The van der Waals surface area contributed by atoms with Crippen LogP contribution < -0.4 is 15.5 Å². The fourth-order valence-electron chi connectivity index (χ4n) is 4.17. The molecule has 0 aromatic carbocycles. The molecule has 4 heterocycles. The summed E-state index contributed by atoms with van der Waals surface area (Å²) in [6.07, 6.45) is 4.36. The van der Waals surface area contributed by atoms with Crippen molar-refractivity contribution in [3.63, 3.8) is 0 Å². The Labute approximate surface area is 137 Å². The van der Waals surface area contributed by atoms with Crippen molar-refractivity contribution in [1.82, 2.24) is 20.3 Å². The van der Waals surface area contributed by atoms with E-state index >= 15 is 0 Å². The van der Waals surface area contributed by atoms with E-state index in [0.717, 1.165) is 31.7 Å². The van der Waals surface area contributed by atoms with Crippen LogP contribution in [-0.2, 0) is 17.9 Å². The van der Waals surface area contributed by atoms with E-state index in [4.69, 9.17) is 0 Å². The standard InChI is InChI=1S/C16H28N6O/c1-11(2)18-16(23)15-10-21-5-4-12(15)6-14(21)9-22-8-13(7-17-3)19-20-22/h8,11-12,14-15,17H,4-7,9-10H2,1-3H3,(H,18,23)/p+2/t12-,14+,15-/m0/s1. The summed E-state index contributed by atoms with van der Waals surface area (Å²) in [5.74, 6) is 0.976. The molecular weight excluding hydrogens is 292 g/mol. The Hall–Kier alpha value is -1.47. The predicted molar refractivity (Wildman–Crippen MR) is 85.6 cm³/mol. The van der Waals surface area contributed by atoms with Crippen molar-refractivity contribution in [1.29, 1.82) is 0 Å². The van der Waals surface area contributed by atoms with E-state index in [2.05, 4.69) is 27.1 Å². The van der Waals surface area contributed by atoms with Crippen molar-refractivity contribution in [2.45, 2.75) is 51.9 Å². The number of nitrogens with one attached hydrogen (secondary N) is 2. The van der Waals surface area contributed by atoms with Crippen LogP contribution in [0.4, 0.5) is 0 Å². The Morgan fingerprint density at radius 3 is 3.04 bits per heavy atom. The van der Waals surface area contributed by atoms with Crippen LogP contribution in [0.5, 0.6) is 0 Å². The molecule has 3 saturated heterocycles. The topological polar surface area (TPSA) is 80.9 Å². The van der Waals surface area contributed by atoms with Gasteiger partial charge in [-0.1, -0.05) is 5.21 Å². The first-order chi connectivity index (χ1) is 11.1. The highest BCUT2D eigenvalue weighted by molar-refractivity contribution is 5.79. The van der Waals surface area contributed by atoms with Crippen molar-refractivity contribution in [2.24, 2.45) is 11.8 Å². The lowest BCUT2D eigenvalue weighted by Crippen LogP contribution is -3.20. The molecule has 7 heteroatoms. The molecule has 1 amide bonds. The first kappa shape index (κ1) is 16.4. The number of nitrogens with zero attached hydrogens (tertiary/aromatic N) is 3. The molecule has 1 aromatic rings. The lowest BCUT2D eigenvalue weighted by atomic mass is 9.75. The maximum Gasteiger partial charge on any atom is 0.229 e. The van der Waals surface area contributed by atoms with Crippen molar-refractivity contribution in [3.8, 4) is 0 Å². The zero-order valence-electron chi connectivity index (χ0n) is 14.5. The third kappa shape index (κ3) is 3.72. The van der Waals surface area contributed by atoms with Crippen LogP contribution in [0.1, 0.15) is 32.4 Å². The minimum Gasteiger partial charge on any atom is -0.353 e. The van der Waals surface area contributed by atoms with Gasteiger partial charge in [-0.2, -0.15) is 0 Å². The first-order valence-electron chi connectivity index (χ1n) is 8.88. The quantitative estimate of drug-likeness (QED) is 0.555. The van der Waals surface area contributed by atoms with Gasteiger partial charge in [-0.05, 0) is 19.8 Å². The van der Waals surface area contributed by atoms with Crippen molar-refractivity contribution in [2.75, 3.05) is 20.1 Å². The second-order valence-corrected chi connectivity index (χ2v) is 7.41. The average molecular weight is 322 g/mol. The molecule has 3 aliphatic rings. The van der Waals surface area contributed by atoms with Gasteiger partial charge in [-0.15, -0.1) is 5.10 Å². The Kier molecular flexibility index (Phi) is 4.96. The van der Waals surface area contributed by atoms with E-state index < -0.39 is 0 Å². The highest BCUT2D eigenvalue weighted by Crippen LogP contribution is 2.27. The van der Waals surface area contributed by atoms with E-state index in [-0.39, 0.29) is 17.9 Å². The Morgan fingerprint density at radius 1 is 1.57 bits per heavy atom. The molecule has 128 valence electrons. The van der Waals surface area contributed by atoms with Crippen LogP contribution in [0.2, 0.25) is 0 Å². The van der Waals surface area contributed by atoms with E-state index in [1.54, 1.807) is 4.90 Å². The van der Waals surface area contributed by atoms with E-state index in [0.29, 0.717) is 12.0 Å². The third-order valence-corrected chi connectivity index (χ3v) is 5.23. The van der Waals surface area contributed by atoms with Gasteiger partial charge in [0.1, 0.15) is 18.3 Å². The van der Waals surface area contributed by atoms with Gasteiger partial charge in [-0.25, -0.2) is 4.68 Å². The summed E-state index contributed by atoms with van der Waals surface area (Å²) in [6.45, 7) is 8.02. The van der Waals surface area contributed by atoms with Crippen LogP contribution in [0.15, 0.2) is 6.20 Å². The van der Waals surface area contributed by atoms with Crippen LogP contribution in [0, 0.1) is 11.8 Å². The fourth-order valence-corrected chi connectivity index (χ4v) is 4.17. The summed E-state index contributed by atoms with van der Waals surface area (Å²) in [4.78, 5) is 13.9. The second-order valence-electron chi connectivity index (χ2n) is 7.41. The predicted octanol–water partition coefficient (Wildman–Crippen LogP) is -2.21. The molecule has 3 aliphatic heterocycles. The average Bonchev–Trinajstić information content (AvgIpc) is 2.95. The lowest BCUT2D eigenvalue weighted by molar-refractivity contribution is -0.945. The molecule has 23 heavy (non-hydrogen) atoms. The SMILES string of the molecule is C[NH2+]Cc1cn(C[C@H]2C[C@@H]3CC[NH+]2C[C@@H]3C(=O)NC(C)C)nn1. The van der Waals surface area contributed by atoms with Gasteiger partial charge in [0.25, 0.3) is 0 Å². The minimum absolute atomic E-state index is 0.193. The zero-order chi connectivity index (χ0) is 16.4. The van der Waals surface area contributed by atoms with Gasteiger partial charge in [0.2, 0.25) is 5.91 Å². The van der Waals surface area contributed by atoms with Crippen molar-refractivity contribution >= 4 is 5.91 Å². The fraction of sp³-hybridized carbons (Fsp3) is 0.812. The molecule has 4 N–H and O–H groups in total. The third-order valence-electron chi connectivity index (χ3n) is 5.23. The highest BCUT2D eigenvalue weighted by Gasteiger charge is 2.46. The number of amides is 1. The Balaban J connectivity index is 1.59. The number of aromatic nitrogens is 3. The summed E-state index contributed by atoms with van der Waals surface area (Å²) in [6, 6.07) is 0.796. The molecule has 1 aromatic heterocycles. The molecule has 7 nitrogen and oxygen atoms in total. The van der Waals surface area contributed by atoms with Gasteiger partial charge in [0.15, 0.2) is 0 Å². The van der Waals surface area contributed by atoms with Crippen LogP contribution in [-0.4, -0.2) is 53.1 Å². The Morgan fingerprint density at radius 2 is 2.39 bits per heavy atom. The molecule has 0 saturated carbocycles. The number of quaternary nitrogens is 2. The largest absolute Gasteiger partial charge is 0.353 e. The number of piperidine rings is 3.